The van der Waals surface area contributed by atoms with Crippen LogP contribution < -0.4 is 10.2 Å². The number of nitrogens with zero attached hydrogens (tertiary/aromatic N) is 4. The van der Waals surface area contributed by atoms with E-state index in [9.17, 15) is 0 Å². The first-order chi connectivity index (χ1) is 9.67. The molecule has 0 aromatic carbocycles. The van der Waals surface area contributed by atoms with Gasteiger partial charge in [0.2, 0.25) is 0 Å². The SMILES string of the molecule is CCCc1nc(NC)cc(N2CCN(CC)C(C)C2)n1. The van der Waals surface area contributed by atoms with Gasteiger partial charge < -0.3 is 10.2 Å². The lowest BCUT2D eigenvalue weighted by Gasteiger charge is -2.40. The molecule has 1 N–H and O–H groups in total. The van der Waals surface area contributed by atoms with E-state index in [1.54, 1.807) is 0 Å². The van der Waals surface area contributed by atoms with E-state index in [0.29, 0.717) is 6.04 Å². The van der Waals surface area contributed by atoms with Gasteiger partial charge in [0.05, 0.1) is 0 Å². The Bertz CT molecular complexity index is 434. The van der Waals surface area contributed by atoms with Crippen molar-refractivity contribution in [3.8, 4) is 0 Å². The van der Waals surface area contributed by atoms with Crippen LogP contribution in [0.2, 0.25) is 0 Å². The van der Waals surface area contributed by atoms with Crippen LogP contribution in [0.5, 0.6) is 0 Å². The molecule has 1 fully saturated rings. The fourth-order valence-electron chi connectivity index (χ4n) is 2.78. The molecule has 112 valence electrons. The van der Waals surface area contributed by atoms with Gasteiger partial charge in [0.1, 0.15) is 17.5 Å². The number of rotatable bonds is 5. The molecule has 0 spiro atoms. The Hall–Kier alpha value is -1.36. The molecular weight excluding hydrogens is 250 g/mol. The summed E-state index contributed by atoms with van der Waals surface area (Å²) < 4.78 is 0. The lowest BCUT2D eigenvalue weighted by Crippen LogP contribution is -2.52. The Balaban J connectivity index is 2.17. The number of hydrogen-bond donors (Lipinski definition) is 1. The summed E-state index contributed by atoms with van der Waals surface area (Å²) in [6, 6.07) is 2.64. The molecule has 2 rings (SSSR count). The normalized spacial score (nSPS) is 20.2. The molecule has 1 saturated heterocycles. The van der Waals surface area contributed by atoms with E-state index < -0.39 is 0 Å². The van der Waals surface area contributed by atoms with Crippen LogP contribution in [0.4, 0.5) is 11.6 Å². The minimum absolute atomic E-state index is 0.580. The quantitative estimate of drug-likeness (QED) is 0.892. The highest BCUT2D eigenvalue weighted by molar-refractivity contribution is 5.49. The Labute approximate surface area is 122 Å². The number of aryl methyl sites for hydroxylation is 1. The molecule has 5 heteroatoms. The molecule has 1 aromatic rings. The molecule has 0 bridgehead atoms. The first-order valence-electron chi connectivity index (χ1n) is 7.72. The maximum absolute atomic E-state index is 4.74. The van der Waals surface area contributed by atoms with Crippen molar-refractivity contribution < 1.29 is 0 Å². The van der Waals surface area contributed by atoms with Gasteiger partial charge in [-0.25, -0.2) is 9.97 Å². The molecule has 0 amide bonds. The summed E-state index contributed by atoms with van der Waals surface area (Å²) in [5, 5.41) is 3.15. The molecule has 1 aliphatic rings. The number of piperazine rings is 1. The predicted molar refractivity (Wildman–Crippen MR) is 84.5 cm³/mol. The fraction of sp³-hybridized carbons (Fsp3) is 0.733. The van der Waals surface area contributed by atoms with Crippen LogP contribution in [0.25, 0.3) is 0 Å². The molecule has 1 unspecified atom stereocenters. The van der Waals surface area contributed by atoms with Crippen LogP contribution in [0.3, 0.4) is 0 Å². The van der Waals surface area contributed by atoms with Crippen molar-refractivity contribution in [2.24, 2.45) is 0 Å². The average molecular weight is 277 g/mol. The zero-order valence-electron chi connectivity index (χ0n) is 13.2. The highest BCUT2D eigenvalue weighted by atomic mass is 15.3. The first kappa shape index (κ1) is 15.0. The minimum atomic E-state index is 0.580. The van der Waals surface area contributed by atoms with E-state index in [0.717, 1.165) is 56.5 Å². The average Bonchev–Trinajstić information content (AvgIpc) is 2.47. The third kappa shape index (κ3) is 3.39. The van der Waals surface area contributed by atoms with E-state index in [1.807, 2.05) is 7.05 Å². The van der Waals surface area contributed by atoms with E-state index in [2.05, 4.69) is 46.9 Å². The second kappa shape index (κ2) is 6.88. The van der Waals surface area contributed by atoms with E-state index in [1.165, 1.54) is 0 Å². The van der Waals surface area contributed by atoms with Crippen LogP contribution in [-0.4, -0.2) is 54.1 Å². The molecule has 0 radical (unpaired) electrons. The monoisotopic (exact) mass is 277 g/mol. The van der Waals surface area contributed by atoms with Crippen LogP contribution in [0.15, 0.2) is 6.07 Å². The highest BCUT2D eigenvalue weighted by Crippen LogP contribution is 2.20. The van der Waals surface area contributed by atoms with Gasteiger partial charge in [-0.05, 0) is 19.9 Å². The smallest absolute Gasteiger partial charge is 0.134 e. The highest BCUT2D eigenvalue weighted by Gasteiger charge is 2.23. The van der Waals surface area contributed by atoms with Gasteiger partial charge in [0.15, 0.2) is 0 Å². The molecule has 1 aliphatic heterocycles. The number of nitrogens with one attached hydrogen (secondary N) is 1. The Kier molecular flexibility index (Phi) is 5.17. The third-order valence-electron chi connectivity index (χ3n) is 3.98. The molecule has 0 saturated carbocycles. The Morgan fingerprint density at radius 3 is 2.70 bits per heavy atom. The standard InChI is InChI=1S/C15H27N5/c1-5-7-13-17-14(16-4)10-15(18-13)20-9-8-19(6-2)12(3)11-20/h10,12H,5-9,11H2,1-4H3,(H,16,17,18). The van der Waals surface area contributed by atoms with Gasteiger partial charge in [0, 0.05) is 45.2 Å². The lowest BCUT2D eigenvalue weighted by molar-refractivity contribution is 0.199. The van der Waals surface area contributed by atoms with E-state index >= 15 is 0 Å². The lowest BCUT2D eigenvalue weighted by atomic mass is 10.2. The Morgan fingerprint density at radius 2 is 2.10 bits per heavy atom. The Morgan fingerprint density at radius 1 is 1.30 bits per heavy atom. The predicted octanol–water partition coefficient (Wildman–Crippen LogP) is 2.00. The zero-order chi connectivity index (χ0) is 14.5. The molecule has 5 nitrogen and oxygen atoms in total. The molecular formula is C15H27N5. The maximum Gasteiger partial charge on any atom is 0.134 e. The summed E-state index contributed by atoms with van der Waals surface area (Å²) in [7, 11) is 1.92. The summed E-state index contributed by atoms with van der Waals surface area (Å²) in [5.74, 6) is 2.93. The second-order valence-corrected chi connectivity index (χ2v) is 5.45. The van der Waals surface area contributed by atoms with Crippen LogP contribution in [-0.2, 0) is 6.42 Å². The van der Waals surface area contributed by atoms with Crippen molar-refractivity contribution in [2.45, 2.75) is 39.7 Å². The molecule has 2 heterocycles. The summed E-state index contributed by atoms with van der Waals surface area (Å²) >= 11 is 0. The van der Waals surface area contributed by atoms with E-state index in [4.69, 9.17) is 4.98 Å². The topological polar surface area (TPSA) is 44.3 Å². The van der Waals surface area contributed by atoms with Crippen LogP contribution in [0.1, 0.15) is 33.0 Å². The van der Waals surface area contributed by atoms with Gasteiger partial charge in [-0.15, -0.1) is 0 Å². The van der Waals surface area contributed by atoms with Gasteiger partial charge in [-0.3, -0.25) is 4.90 Å². The van der Waals surface area contributed by atoms with Crippen molar-refractivity contribution in [1.29, 1.82) is 0 Å². The first-order valence-corrected chi connectivity index (χ1v) is 7.72. The second-order valence-electron chi connectivity index (χ2n) is 5.45. The van der Waals surface area contributed by atoms with Crippen LogP contribution in [0, 0.1) is 0 Å². The molecule has 1 atom stereocenters. The van der Waals surface area contributed by atoms with Gasteiger partial charge in [-0.1, -0.05) is 13.8 Å². The minimum Gasteiger partial charge on any atom is -0.373 e. The summed E-state index contributed by atoms with van der Waals surface area (Å²) in [4.78, 5) is 14.2. The molecule has 1 aromatic heterocycles. The van der Waals surface area contributed by atoms with Crippen LogP contribution >= 0.6 is 0 Å². The largest absolute Gasteiger partial charge is 0.373 e. The maximum atomic E-state index is 4.74. The molecule has 0 aliphatic carbocycles. The van der Waals surface area contributed by atoms with Gasteiger partial charge in [0.25, 0.3) is 0 Å². The van der Waals surface area contributed by atoms with Crippen molar-refractivity contribution >= 4 is 11.6 Å². The third-order valence-corrected chi connectivity index (χ3v) is 3.98. The zero-order valence-corrected chi connectivity index (χ0v) is 13.2. The molecule has 20 heavy (non-hydrogen) atoms. The van der Waals surface area contributed by atoms with Crippen molar-refractivity contribution in [1.82, 2.24) is 14.9 Å². The number of hydrogen-bond acceptors (Lipinski definition) is 5. The number of aromatic nitrogens is 2. The number of anilines is 2. The van der Waals surface area contributed by atoms with Gasteiger partial charge in [-0.2, -0.15) is 0 Å². The number of likely N-dealkylation sites (N-methyl/N-ethyl adjacent to an activating group) is 1. The summed E-state index contributed by atoms with van der Waals surface area (Å²) in [6.07, 6.45) is 2.01. The van der Waals surface area contributed by atoms with Crippen molar-refractivity contribution in [3.63, 3.8) is 0 Å². The summed E-state index contributed by atoms with van der Waals surface area (Å²) in [6.45, 7) is 11.0. The van der Waals surface area contributed by atoms with Gasteiger partial charge >= 0.3 is 0 Å². The van der Waals surface area contributed by atoms with E-state index in [-0.39, 0.29) is 0 Å². The summed E-state index contributed by atoms with van der Waals surface area (Å²) in [5.41, 5.74) is 0. The van der Waals surface area contributed by atoms with Crippen molar-refractivity contribution in [3.05, 3.63) is 11.9 Å². The fourth-order valence-corrected chi connectivity index (χ4v) is 2.78. The van der Waals surface area contributed by atoms with Crippen molar-refractivity contribution in [2.75, 3.05) is 43.4 Å².